The topological polar surface area (TPSA) is 46.2 Å². The van der Waals surface area contributed by atoms with Crippen LogP contribution < -0.4 is 5.73 Å². The van der Waals surface area contributed by atoms with Crippen LogP contribution in [0.25, 0.3) is 0 Å². The highest BCUT2D eigenvalue weighted by molar-refractivity contribution is 5.35. The van der Waals surface area contributed by atoms with Gasteiger partial charge in [-0.3, -0.25) is 0 Å². The third-order valence-electron chi connectivity index (χ3n) is 2.94. The highest BCUT2D eigenvalue weighted by Gasteiger charge is 2.17. The van der Waals surface area contributed by atoms with Crippen LogP contribution in [0.3, 0.4) is 0 Å². The molecule has 0 amide bonds. The molecular formula is C14H23NO. The molecule has 0 heterocycles. The van der Waals surface area contributed by atoms with Crippen molar-refractivity contribution in [3.05, 3.63) is 34.9 Å². The number of hydrogen-bond acceptors (Lipinski definition) is 2. The first kappa shape index (κ1) is 13.2. The van der Waals surface area contributed by atoms with Crippen molar-refractivity contribution >= 4 is 0 Å². The Balaban J connectivity index is 3.09. The number of aliphatic hydroxyl groups excluding tert-OH is 1. The second-order valence-electron chi connectivity index (χ2n) is 5.41. The molecular weight excluding hydrogens is 198 g/mol. The molecule has 0 aliphatic carbocycles. The average molecular weight is 221 g/mol. The minimum absolute atomic E-state index is 0.116. The zero-order valence-corrected chi connectivity index (χ0v) is 10.7. The molecule has 3 N–H and O–H groups in total. The van der Waals surface area contributed by atoms with Crippen molar-refractivity contribution in [2.45, 2.75) is 45.6 Å². The van der Waals surface area contributed by atoms with Crippen LogP contribution in [-0.2, 0) is 5.41 Å². The maximum Gasteiger partial charge on any atom is 0.0804 e. The normalized spacial score (nSPS) is 13.9. The van der Waals surface area contributed by atoms with Gasteiger partial charge in [0.25, 0.3) is 0 Å². The van der Waals surface area contributed by atoms with Gasteiger partial charge in [0.15, 0.2) is 0 Å². The van der Waals surface area contributed by atoms with Gasteiger partial charge >= 0.3 is 0 Å². The summed E-state index contributed by atoms with van der Waals surface area (Å²) in [5, 5.41) is 10.0. The molecule has 1 rings (SSSR count). The summed E-state index contributed by atoms with van der Waals surface area (Å²) >= 11 is 0. The van der Waals surface area contributed by atoms with Crippen LogP contribution in [0.4, 0.5) is 0 Å². The molecule has 1 aromatic carbocycles. The largest absolute Gasteiger partial charge is 0.388 e. The van der Waals surface area contributed by atoms with E-state index in [0.717, 1.165) is 11.1 Å². The molecule has 1 aromatic rings. The predicted octanol–water partition coefficient (Wildman–Crippen LogP) is 2.67. The van der Waals surface area contributed by atoms with Gasteiger partial charge in [0.2, 0.25) is 0 Å². The molecule has 1 atom stereocenters. The second-order valence-corrected chi connectivity index (χ2v) is 5.41. The van der Waals surface area contributed by atoms with E-state index >= 15 is 0 Å². The van der Waals surface area contributed by atoms with E-state index in [-0.39, 0.29) is 5.41 Å². The molecule has 0 radical (unpaired) electrons. The molecule has 0 aliphatic heterocycles. The summed E-state index contributed by atoms with van der Waals surface area (Å²) in [6.07, 6.45) is 0.182. The van der Waals surface area contributed by atoms with Crippen molar-refractivity contribution in [2.24, 2.45) is 5.73 Å². The Bertz CT molecular complexity index is 352. The third kappa shape index (κ3) is 3.06. The summed E-state index contributed by atoms with van der Waals surface area (Å²) in [5.41, 5.74) is 9.00. The van der Waals surface area contributed by atoms with Crippen molar-refractivity contribution < 1.29 is 5.11 Å². The summed E-state index contributed by atoms with van der Waals surface area (Å²) in [5.74, 6) is 0. The summed E-state index contributed by atoms with van der Waals surface area (Å²) in [6, 6.07) is 6.32. The number of rotatable bonds is 3. The molecule has 0 aliphatic rings. The van der Waals surface area contributed by atoms with Crippen LogP contribution >= 0.6 is 0 Å². The molecule has 16 heavy (non-hydrogen) atoms. The van der Waals surface area contributed by atoms with Crippen molar-refractivity contribution in [2.75, 3.05) is 6.54 Å². The standard InChI is InChI=1S/C14H23NO/c1-10-5-6-11(14(2,3)4)9-12(10)13(16)7-8-15/h5-6,9,13,16H,7-8,15H2,1-4H3. The van der Waals surface area contributed by atoms with Gasteiger partial charge in [-0.1, -0.05) is 39.0 Å². The Hall–Kier alpha value is -0.860. The summed E-state index contributed by atoms with van der Waals surface area (Å²) < 4.78 is 0. The van der Waals surface area contributed by atoms with Crippen LogP contribution in [0.15, 0.2) is 18.2 Å². The lowest BCUT2D eigenvalue weighted by molar-refractivity contribution is 0.169. The fourth-order valence-corrected chi connectivity index (χ4v) is 1.78. The number of aliphatic hydroxyl groups is 1. The van der Waals surface area contributed by atoms with E-state index < -0.39 is 6.10 Å². The predicted molar refractivity (Wildman–Crippen MR) is 68.5 cm³/mol. The maximum atomic E-state index is 10.0. The third-order valence-corrected chi connectivity index (χ3v) is 2.94. The van der Waals surface area contributed by atoms with E-state index in [9.17, 15) is 5.11 Å². The number of aryl methyl sites for hydroxylation is 1. The Morgan fingerprint density at radius 1 is 1.31 bits per heavy atom. The van der Waals surface area contributed by atoms with Crippen molar-refractivity contribution in [1.29, 1.82) is 0 Å². The van der Waals surface area contributed by atoms with Gasteiger partial charge in [-0.2, -0.15) is 0 Å². The Labute approximate surface area is 98.5 Å². The van der Waals surface area contributed by atoms with Gasteiger partial charge in [0.05, 0.1) is 6.10 Å². The van der Waals surface area contributed by atoms with Gasteiger partial charge < -0.3 is 10.8 Å². The van der Waals surface area contributed by atoms with Crippen LogP contribution in [0.5, 0.6) is 0 Å². The van der Waals surface area contributed by atoms with Crippen molar-refractivity contribution in [3.63, 3.8) is 0 Å². The van der Waals surface area contributed by atoms with Crippen LogP contribution in [0, 0.1) is 6.92 Å². The first-order valence-corrected chi connectivity index (χ1v) is 5.85. The quantitative estimate of drug-likeness (QED) is 0.824. The minimum Gasteiger partial charge on any atom is -0.388 e. The van der Waals surface area contributed by atoms with Gasteiger partial charge in [-0.05, 0) is 42.0 Å². The lowest BCUT2D eigenvalue weighted by Gasteiger charge is -2.22. The molecule has 2 nitrogen and oxygen atoms in total. The first-order valence-electron chi connectivity index (χ1n) is 5.85. The first-order chi connectivity index (χ1) is 7.36. The van der Waals surface area contributed by atoms with Crippen LogP contribution in [0.1, 0.15) is 50.0 Å². The number of nitrogens with two attached hydrogens (primary N) is 1. The summed E-state index contributed by atoms with van der Waals surface area (Å²) in [7, 11) is 0. The number of hydrogen-bond donors (Lipinski definition) is 2. The lowest BCUT2D eigenvalue weighted by Crippen LogP contribution is -2.13. The Morgan fingerprint density at radius 2 is 1.94 bits per heavy atom. The molecule has 0 saturated carbocycles. The molecule has 0 spiro atoms. The van der Waals surface area contributed by atoms with E-state index in [1.54, 1.807) is 0 Å². The van der Waals surface area contributed by atoms with Crippen LogP contribution in [0.2, 0.25) is 0 Å². The zero-order chi connectivity index (χ0) is 12.3. The van der Waals surface area contributed by atoms with E-state index in [1.807, 2.05) is 6.92 Å². The smallest absolute Gasteiger partial charge is 0.0804 e. The molecule has 0 aromatic heterocycles. The maximum absolute atomic E-state index is 10.0. The Kier molecular flexibility index (Phi) is 4.11. The monoisotopic (exact) mass is 221 g/mol. The fraction of sp³-hybridized carbons (Fsp3) is 0.571. The molecule has 1 unspecified atom stereocenters. The molecule has 0 fully saturated rings. The average Bonchev–Trinajstić information content (AvgIpc) is 2.16. The molecule has 0 bridgehead atoms. The zero-order valence-electron chi connectivity index (χ0n) is 10.7. The van der Waals surface area contributed by atoms with Crippen molar-refractivity contribution in [1.82, 2.24) is 0 Å². The van der Waals surface area contributed by atoms with E-state index in [4.69, 9.17) is 5.73 Å². The highest BCUT2D eigenvalue weighted by atomic mass is 16.3. The molecule has 90 valence electrons. The lowest BCUT2D eigenvalue weighted by atomic mass is 9.84. The Morgan fingerprint density at radius 3 is 2.44 bits per heavy atom. The molecule has 2 heteroatoms. The summed E-state index contributed by atoms with van der Waals surface area (Å²) in [6.45, 7) is 9.08. The van der Waals surface area contributed by atoms with E-state index in [2.05, 4.69) is 39.0 Å². The van der Waals surface area contributed by atoms with E-state index in [0.29, 0.717) is 13.0 Å². The van der Waals surface area contributed by atoms with Crippen LogP contribution in [-0.4, -0.2) is 11.7 Å². The fourth-order valence-electron chi connectivity index (χ4n) is 1.78. The summed E-state index contributed by atoms with van der Waals surface area (Å²) in [4.78, 5) is 0. The van der Waals surface area contributed by atoms with Gasteiger partial charge in [0, 0.05) is 0 Å². The second kappa shape index (κ2) is 4.98. The van der Waals surface area contributed by atoms with Crippen molar-refractivity contribution in [3.8, 4) is 0 Å². The van der Waals surface area contributed by atoms with Gasteiger partial charge in [-0.25, -0.2) is 0 Å². The molecule has 0 saturated heterocycles. The van der Waals surface area contributed by atoms with Gasteiger partial charge in [0.1, 0.15) is 0 Å². The minimum atomic E-state index is -0.438. The number of benzene rings is 1. The van der Waals surface area contributed by atoms with Gasteiger partial charge in [-0.15, -0.1) is 0 Å². The highest BCUT2D eigenvalue weighted by Crippen LogP contribution is 2.28. The SMILES string of the molecule is Cc1ccc(C(C)(C)C)cc1C(O)CCN. The van der Waals surface area contributed by atoms with E-state index in [1.165, 1.54) is 5.56 Å².